The summed E-state index contributed by atoms with van der Waals surface area (Å²) in [5.41, 5.74) is 2.81. The SMILES string of the molecule is CC(C)c1nnc2c(NCc3ccccc3)cc(NCCOc3ccccc3)nn12. The van der Waals surface area contributed by atoms with E-state index in [4.69, 9.17) is 9.84 Å². The van der Waals surface area contributed by atoms with Crippen molar-refractivity contribution in [2.24, 2.45) is 0 Å². The van der Waals surface area contributed by atoms with Crippen molar-refractivity contribution < 1.29 is 4.74 Å². The summed E-state index contributed by atoms with van der Waals surface area (Å²) in [6.45, 7) is 6.04. The standard InChI is InChI=1S/C23H26N6O/c1-17(2)22-26-27-23-20(25-16-18-9-5-3-6-10-18)15-21(28-29(22)23)24-13-14-30-19-11-7-4-8-12-19/h3-12,15,17,25H,13-14,16H2,1-2H3,(H,24,28). The van der Waals surface area contributed by atoms with Gasteiger partial charge in [-0.15, -0.1) is 15.3 Å². The molecule has 0 atom stereocenters. The van der Waals surface area contributed by atoms with Gasteiger partial charge in [-0.05, 0) is 17.7 Å². The van der Waals surface area contributed by atoms with E-state index >= 15 is 0 Å². The minimum absolute atomic E-state index is 0.214. The van der Waals surface area contributed by atoms with Gasteiger partial charge in [-0.25, -0.2) is 0 Å². The van der Waals surface area contributed by atoms with Crippen LogP contribution in [0.4, 0.5) is 11.5 Å². The Kier molecular flexibility index (Phi) is 6.08. The van der Waals surface area contributed by atoms with Gasteiger partial charge >= 0.3 is 0 Å². The van der Waals surface area contributed by atoms with Crippen LogP contribution >= 0.6 is 0 Å². The fourth-order valence-corrected chi connectivity index (χ4v) is 3.13. The van der Waals surface area contributed by atoms with Crippen molar-refractivity contribution >= 4 is 17.2 Å². The average Bonchev–Trinajstić information content (AvgIpc) is 3.21. The lowest BCUT2D eigenvalue weighted by molar-refractivity contribution is 0.332. The van der Waals surface area contributed by atoms with Gasteiger partial charge in [0, 0.05) is 18.5 Å². The maximum Gasteiger partial charge on any atom is 0.201 e. The molecule has 0 saturated carbocycles. The van der Waals surface area contributed by atoms with Gasteiger partial charge in [0.15, 0.2) is 5.82 Å². The van der Waals surface area contributed by atoms with Crippen molar-refractivity contribution in [3.63, 3.8) is 0 Å². The zero-order valence-electron chi connectivity index (χ0n) is 17.2. The molecule has 0 saturated heterocycles. The number of aromatic nitrogens is 4. The zero-order valence-corrected chi connectivity index (χ0v) is 17.2. The van der Waals surface area contributed by atoms with Crippen LogP contribution in [-0.2, 0) is 6.54 Å². The summed E-state index contributed by atoms with van der Waals surface area (Å²) in [5, 5.41) is 20.2. The van der Waals surface area contributed by atoms with Gasteiger partial charge in [-0.2, -0.15) is 4.52 Å². The first-order valence-electron chi connectivity index (χ1n) is 10.2. The van der Waals surface area contributed by atoms with Gasteiger partial charge in [-0.3, -0.25) is 0 Å². The summed E-state index contributed by atoms with van der Waals surface area (Å²) in [4.78, 5) is 0. The van der Waals surface area contributed by atoms with E-state index in [1.807, 2.05) is 59.1 Å². The first-order chi connectivity index (χ1) is 14.7. The molecule has 2 N–H and O–H groups in total. The highest BCUT2D eigenvalue weighted by Gasteiger charge is 2.15. The number of nitrogens with one attached hydrogen (secondary N) is 2. The molecular formula is C23H26N6O. The Labute approximate surface area is 176 Å². The van der Waals surface area contributed by atoms with E-state index in [0.29, 0.717) is 19.7 Å². The third-order valence-corrected chi connectivity index (χ3v) is 4.66. The molecule has 0 unspecified atom stereocenters. The summed E-state index contributed by atoms with van der Waals surface area (Å²) in [6, 6.07) is 22.0. The van der Waals surface area contributed by atoms with E-state index in [1.54, 1.807) is 0 Å². The molecule has 30 heavy (non-hydrogen) atoms. The van der Waals surface area contributed by atoms with Gasteiger partial charge in [0.2, 0.25) is 5.65 Å². The number of benzene rings is 2. The van der Waals surface area contributed by atoms with Crippen molar-refractivity contribution in [3.05, 3.63) is 78.1 Å². The lowest BCUT2D eigenvalue weighted by Crippen LogP contribution is -2.14. The van der Waals surface area contributed by atoms with Crippen LogP contribution in [-0.4, -0.2) is 33.0 Å². The molecule has 0 fully saturated rings. The van der Waals surface area contributed by atoms with Crippen molar-refractivity contribution in [1.29, 1.82) is 0 Å². The molecule has 0 aliphatic rings. The number of anilines is 2. The first kappa shape index (κ1) is 19.7. The fourth-order valence-electron chi connectivity index (χ4n) is 3.13. The highest BCUT2D eigenvalue weighted by molar-refractivity contribution is 5.70. The molecule has 2 heterocycles. The van der Waals surface area contributed by atoms with Crippen molar-refractivity contribution in [1.82, 2.24) is 19.8 Å². The van der Waals surface area contributed by atoms with Crippen molar-refractivity contribution in [2.75, 3.05) is 23.8 Å². The van der Waals surface area contributed by atoms with Crippen LogP contribution < -0.4 is 15.4 Å². The maximum absolute atomic E-state index is 5.76. The summed E-state index contributed by atoms with van der Waals surface area (Å²) in [7, 11) is 0. The zero-order chi connectivity index (χ0) is 20.8. The average molecular weight is 403 g/mol. The second kappa shape index (κ2) is 9.26. The van der Waals surface area contributed by atoms with Crippen LogP contribution in [0.2, 0.25) is 0 Å². The van der Waals surface area contributed by atoms with E-state index < -0.39 is 0 Å². The number of ether oxygens (including phenoxy) is 1. The minimum Gasteiger partial charge on any atom is -0.492 e. The number of hydrogen-bond donors (Lipinski definition) is 2. The molecule has 4 rings (SSSR count). The second-order valence-electron chi connectivity index (χ2n) is 7.32. The summed E-state index contributed by atoms with van der Waals surface area (Å²) < 4.78 is 7.58. The highest BCUT2D eigenvalue weighted by Crippen LogP contribution is 2.22. The molecule has 0 radical (unpaired) electrons. The predicted octanol–water partition coefficient (Wildman–Crippen LogP) is 4.35. The molecule has 0 aliphatic heterocycles. The van der Waals surface area contributed by atoms with Crippen LogP contribution in [0.3, 0.4) is 0 Å². The maximum atomic E-state index is 5.76. The van der Waals surface area contributed by atoms with Crippen molar-refractivity contribution in [3.8, 4) is 5.75 Å². The van der Waals surface area contributed by atoms with Crippen LogP contribution in [0.15, 0.2) is 66.7 Å². The van der Waals surface area contributed by atoms with Crippen LogP contribution in [0.5, 0.6) is 5.75 Å². The normalized spacial score (nSPS) is 11.0. The van der Waals surface area contributed by atoms with Gasteiger partial charge in [0.05, 0.1) is 12.2 Å². The predicted molar refractivity (Wildman–Crippen MR) is 119 cm³/mol. The molecule has 4 aromatic rings. The molecule has 154 valence electrons. The Hall–Kier alpha value is -3.61. The molecule has 2 aromatic heterocycles. The number of fused-ring (bicyclic) bond motifs is 1. The summed E-state index contributed by atoms with van der Waals surface area (Å²) >= 11 is 0. The smallest absolute Gasteiger partial charge is 0.201 e. The van der Waals surface area contributed by atoms with Crippen molar-refractivity contribution in [2.45, 2.75) is 26.3 Å². The number of hydrogen-bond acceptors (Lipinski definition) is 6. The van der Waals surface area contributed by atoms with Gasteiger partial charge < -0.3 is 15.4 Å². The Balaban J connectivity index is 1.50. The second-order valence-corrected chi connectivity index (χ2v) is 7.32. The van der Waals surface area contributed by atoms with Gasteiger partial charge in [0.25, 0.3) is 0 Å². The largest absolute Gasteiger partial charge is 0.492 e. The molecule has 7 heteroatoms. The monoisotopic (exact) mass is 402 g/mol. The Morgan fingerprint density at radius 2 is 1.67 bits per heavy atom. The molecule has 0 aliphatic carbocycles. The van der Waals surface area contributed by atoms with E-state index in [-0.39, 0.29) is 5.92 Å². The van der Waals surface area contributed by atoms with E-state index in [9.17, 15) is 0 Å². The number of nitrogens with zero attached hydrogens (tertiary/aromatic N) is 4. The quantitative estimate of drug-likeness (QED) is 0.405. The minimum atomic E-state index is 0.214. The van der Waals surface area contributed by atoms with E-state index in [2.05, 4.69) is 46.8 Å². The van der Waals surface area contributed by atoms with Crippen LogP contribution in [0.1, 0.15) is 31.2 Å². The molecule has 2 aromatic carbocycles. The molecule has 7 nitrogen and oxygen atoms in total. The van der Waals surface area contributed by atoms with Gasteiger partial charge in [0.1, 0.15) is 18.2 Å². The summed E-state index contributed by atoms with van der Waals surface area (Å²) in [5.74, 6) is 2.65. The molecule has 0 bridgehead atoms. The number of para-hydroxylation sites is 1. The Morgan fingerprint density at radius 1 is 0.933 bits per heavy atom. The molecule has 0 amide bonds. The third kappa shape index (κ3) is 4.68. The molecular weight excluding hydrogens is 376 g/mol. The Bertz CT molecular complexity index is 1080. The fraction of sp³-hybridized carbons (Fsp3) is 0.261. The first-order valence-corrected chi connectivity index (χ1v) is 10.2. The van der Waals surface area contributed by atoms with E-state index in [0.717, 1.165) is 28.7 Å². The summed E-state index contributed by atoms with van der Waals surface area (Å²) in [6.07, 6.45) is 0. The topological polar surface area (TPSA) is 76.4 Å². The van der Waals surface area contributed by atoms with Gasteiger partial charge in [-0.1, -0.05) is 62.4 Å². The van der Waals surface area contributed by atoms with Crippen LogP contribution in [0.25, 0.3) is 5.65 Å². The Morgan fingerprint density at radius 3 is 2.40 bits per heavy atom. The lowest BCUT2D eigenvalue weighted by atomic mass is 10.2. The molecule has 0 spiro atoms. The highest BCUT2D eigenvalue weighted by atomic mass is 16.5. The third-order valence-electron chi connectivity index (χ3n) is 4.66. The van der Waals surface area contributed by atoms with E-state index in [1.165, 1.54) is 5.56 Å². The van der Waals surface area contributed by atoms with Crippen LogP contribution in [0, 0.1) is 0 Å². The number of rotatable bonds is 9. The lowest BCUT2D eigenvalue weighted by Gasteiger charge is -2.12.